The van der Waals surface area contributed by atoms with E-state index in [1.165, 1.54) is 0 Å². The minimum Gasteiger partial charge on any atom is -0.480 e. The molecule has 0 aliphatic rings. The molecule has 12 heteroatoms. The zero-order chi connectivity index (χ0) is 21.3. The highest BCUT2D eigenvalue weighted by Crippen LogP contribution is 2.13. The Morgan fingerprint density at radius 3 is 1.19 bits per heavy atom. The van der Waals surface area contributed by atoms with Crippen LogP contribution < -0.4 is 0 Å². The first-order valence-corrected chi connectivity index (χ1v) is 7.11. The number of aliphatic hydroxyl groups is 2. The van der Waals surface area contributed by atoms with E-state index < -0.39 is 67.9 Å². The molecule has 0 aromatic carbocycles. The normalized spacial score (nSPS) is 15.2. The number of hydrogen-bond acceptors (Lipinski definition) is 8. The van der Waals surface area contributed by atoms with Gasteiger partial charge in [0.1, 0.15) is 12.1 Å². The fourth-order valence-corrected chi connectivity index (χ4v) is 2.19. The van der Waals surface area contributed by atoms with Gasteiger partial charge in [0.2, 0.25) is 0 Å². The lowest BCUT2D eigenvalue weighted by molar-refractivity contribution is -0.167. The van der Waals surface area contributed by atoms with E-state index >= 15 is 0 Å². The highest BCUT2D eigenvalue weighted by Gasteiger charge is 2.41. The lowest BCUT2D eigenvalue weighted by Crippen LogP contribution is -2.60. The van der Waals surface area contributed by atoms with Gasteiger partial charge in [-0.2, -0.15) is 0 Å². The van der Waals surface area contributed by atoms with Crippen LogP contribution in [0.15, 0.2) is 0 Å². The van der Waals surface area contributed by atoms with Crippen molar-refractivity contribution in [2.75, 3.05) is 19.8 Å². The minimum atomic E-state index is -2.43. The maximum atomic E-state index is 11.4. The van der Waals surface area contributed by atoms with Gasteiger partial charge in [-0.25, -0.2) is 9.59 Å². The van der Waals surface area contributed by atoms with Gasteiger partial charge in [0.05, 0.1) is 19.8 Å². The van der Waals surface area contributed by atoms with Crippen LogP contribution in [0.5, 0.6) is 0 Å². The van der Waals surface area contributed by atoms with Gasteiger partial charge in [-0.3, -0.25) is 19.4 Å². The Kier molecular flexibility index (Phi) is 9.49. The summed E-state index contributed by atoms with van der Waals surface area (Å²) in [5.41, 5.74) is 0. The molecule has 0 radical (unpaired) electrons. The predicted molar refractivity (Wildman–Crippen MR) is 86.1 cm³/mol. The second-order valence-electron chi connectivity index (χ2n) is 5.18. The summed E-state index contributed by atoms with van der Waals surface area (Å²) in [4.78, 5) is 46.1. The molecule has 0 saturated heterocycles. The molecule has 0 heterocycles. The quantitative estimate of drug-likeness (QED) is 0.144. The molecular formula is C15H18N2O10. The van der Waals surface area contributed by atoms with Crippen LogP contribution in [0, 0.1) is 24.7 Å². The van der Waals surface area contributed by atoms with Crippen LogP contribution in [-0.4, -0.2) is 108 Å². The second-order valence-corrected chi connectivity index (χ2v) is 5.18. The smallest absolute Gasteiger partial charge is 0.334 e. The summed E-state index contributed by atoms with van der Waals surface area (Å²) in [5.74, 6) is -3.30. The first-order valence-electron chi connectivity index (χ1n) is 7.11. The Labute approximate surface area is 153 Å². The Morgan fingerprint density at radius 1 is 0.704 bits per heavy atom. The average Bonchev–Trinajstić information content (AvgIpc) is 2.54. The maximum Gasteiger partial charge on any atom is 0.334 e. The van der Waals surface area contributed by atoms with Crippen molar-refractivity contribution < 1.29 is 49.8 Å². The van der Waals surface area contributed by atoms with Gasteiger partial charge in [-0.15, -0.1) is 12.8 Å². The third-order valence-corrected chi connectivity index (χ3v) is 3.35. The first kappa shape index (κ1) is 23.8. The van der Waals surface area contributed by atoms with Crippen molar-refractivity contribution in [2.45, 2.75) is 24.3 Å². The number of carboxylic acid groups (broad SMARTS) is 4. The van der Waals surface area contributed by atoms with Crippen LogP contribution in [0.4, 0.5) is 0 Å². The van der Waals surface area contributed by atoms with E-state index in [9.17, 15) is 39.6 Å². The van der Waals surface area contributed by atoms with Gasteiger partial charge in [0.25, 0.3) is 0 Å². The molecule has 0 aromatic heterocycles. The molecule has 0 aliphatic heterocycles. The van der Waals surface area contributed by atoms with Gasteiger partial charge in [0, 0.05) is 0 Å². The number of aliphatic carboxylic acids is 4. The van der Waals surface area contributed by atoms with Crippen LogP contribution >= 0.6 is 0 Å². The van der Waals surface area contributed by atoms with Gasteiger partial charge in [-0.05, 0) is 0 Å². The van der Waals surface area contributed by atoms with Gasteiger partial charge >= 0.3 is 23.9 Å². The number of terminal acetylenes is 2. The standard InChI is InChI=1S/C15H18N2O10/c1-3-5-16(8(12(20)21)10(18)14(24)25)7-17(6-4-2)9(13(22)23)11(19)15(26)27/h1-2,8-11,18-19H,5-7H2,(H,20,21)(H,22,23)(H,24,25)(H,26,27). The fourth-order valence-electron chi connectivity index (χ4n) is 2.19. The number of rotatable bonds is 12. The molecule has 0 rings (SSSR count). The number of aliphatic hydroxyl groups excluding tert-OH is 2. The molecule has 6 N–H and O–H groups in total. The molecule has 27 heavy (non-hydrogen) atoms. The molecule has 0 bridgehead atoms. The highest BCUT2D eigenvalue weighted by atomic mass is 16.4. The summed E-state index contributed by atoms with van der Waals surface area (Å²) in [7, 11) is 0. The van der Waals surface area contributed by atoms with Gasteiger partial charge in [-0.1, -0.05) is 11.8 Å². The van der Waals surface area contributed by atoms with Crippen LogP contribution in [0.25, 0.3) is 0 Å². The van der Waals surface area contributed by atoms with Crippen molar-refractivity contribution in [2.24, 2.45) is 0 Å². The van der Waals surface area contributed by atoms with Gasteiger partial charge in [0.15, 0.2) is 12.2 Å². The number of carbonyl (C=O) groups is 4. The van der Waals surface area contributed by atoms with Crippen LogP contribution in [0.1, 0.15) is 0 Å². The van der Waals surface area contributed by atoms with Crippen molar-refractivity contribution in [3.05, 3.63) is 0 Å². The topological polar surface area (TPSA) is 196 Å². The third-order valence-electron chi connectivity index (χ3n) is 3.35. The zero-order valence-corrected chi connectivity index (χ0v) is 13.8. The Morgan fingerprint density at radius 2 is 1.00 bits per heavy atom. The molecule has 0 amide bonds. The number of carboxylic acids is 4. The number of nitrogens with zero attached hydrogens (tertiary/aromatic N) is 2. The molecule has 0 fully saturated rings. The SMILES string of the molecule is C#CCN(CN(CC#C)C(C(=O)O)C(O)C(=O)O)C(C(=O)O)C(O)C(=O)O. The summed E-state index contributed by atoms with van der Waals surface area (Å²) < 4.78 is 0. The van der Waals surface area contributed by atoms with E-state index in [1.54, 1.807) is 0 Å². The van der Waals surface area contributed by atoms with Crippen molar-refractivity contribution in [1.29, 1.82) is 0 Å². The molecule has 148 valence electrons. The predicted octanol–water partition coefficient (Wildman–Crippen LogP) is -3.39. The van der Waals surface area contributed by atoms with Crippen molar-refractivity contribution in [1.82, 2.24) is 9.80 Å². The molecule has 12 nitrogen and oxygen atoms in total. The molecular weight excluding hydrogens is 368 g/mol. The summed E-state index contributed by atoms with van der Waals surface area (Å²) >= 11 is 0. The van der Waals surface area contributed by atoms with E-state index in [1.807, 2.05) is 11.8 Å². The Hall–Kier alpha value is -3.16. The summed E-state index contributed by atoms with van der Waals surface area (Å²) in [6, 6.07) is -4.20. The Bertz CT molecular complexity index is 608. The lowest BCUT2D eigenvalue weighted by Gasteiger charge is -2.36. The summed E-state index contributed by atoms with van der Waals surface area (Å²) in [6.07, 6.45) is 5.34. The summed E-state index contributed by atoms with van der Waals surface area (Å²) in [6.45, 7) is -1.88. The van der Waals surface area contributed by atoms with Crippen LogP contribution in [0.2, 0.25) is 0 Å². The van der Waals surface area contributed by atoms with E-state index in [4.69, 9.17) is 23.1 Å². The van der Waals surface area contributed by atoms with Crippen LogP contribution in [-0.2, 0) is 19.2 Å². The van der Waals surface area contributed by atoms with E-state index in [0.29, 0.717) is 9.80 Å². The van der Waals surface area contributed by atoms with E-state index in [0.717, 1.165) is 0 Å². The van der Waals surface area contributed by atoms with E-state index in [2.05, 4.69) is 0 Å². The molecule has 0 aromatic rings. The van der Waals surface area contributed by atoms with Gasteiger partial charge < -0.3 is 30.6 Å². The van der Waals surface area contributed by atoms with Crippen LogP contribution in [0.3, 0.4) is 0 Å². The molecule has 0 spiro atoms. The molecule has 0 saturated carbocycles. The largest absolute Gasteiger partial charge is 0.480 e. The highest BCUT2D eigenvalue weighted by molar-refractivity contribution is 5.85. The van der Waals surface area contributed by atoms with Crippen molar-refractivity contribution >= 4 is 23.9 Å². The maximum absolute atomic E-state index is 11.4. The zero-order valence-electron chi connectivity index (χ0n) is 13.8. The molecule has 4 unspecified atom stereocenters. The van der Waals surface area contributed by atoms with Crippen molar-refractivity contribution in [3.63, 3.8) is 0 Å². The second kappa shape index (κ2) is 10.7. The average molecular weight is 386 g/mol. The fraction of sp³-hybridized carbons (Fsp3) is 0.467. The summed E-state index contributed by atoms with van der Waals surface area (Å²) in [5, 5.41) is 55.4. The monoisotopic (exact) mass is 386 g/mol. The first-order chi connectivity index (χ1) is 12.5. The van der Waals surface area contributed by atoms with Crippen molar-refractivity contribution in [3.8, 4) is 24.7 Å². The van der Waals surface area contributed by atoms with E-state index in [-0.39, 0.29) is 0 Å². The Balaban J connectivity index is 5.98. The minimum absolute atomic E-state index is 0.558. The third kappa shape index (κ3) is 6.58. The number of hydrogen-bond donors (Lipinski definition) is 6. The molecule has 0 aliphatic carbocycles. The lowest BCUT2D eigenvalue weighted by atomic mass is 10.1. The molecule has 4 atom stereocenters.